The summed E-state index contributed by atoms with van der Waals surface area (Å²) in [6, 6.07) is 13.1. The first kappa shape index (κ1) is 24.7. The van der Waals surface area contributed by atoms with Gasteiger partial charge in [-0.05, 0) is 56.7 Å². The van der Waals surface area contributed by atoms with Crippen molar-refractivity contribution in [1.82, 2.24) is 4.90 Å². The first-order valence-corrected chi connectivity index (χ1v) is 13.7. The summed E-state index contributed by atoms with van der Waals surface area (Å²) in [5.74, 6) is -1.32. The van der Waals surface area contributed by atoms with Crippen LogP contribution in [0.15, 0.2) is 59.5 Å². The molecule has 2 aromatic rings. The highest BCUT2D eigenvalue weighted by molar-refractivity contribution is 7.92. The maximum atomic E-state index is 12.8. The molecular weight excluding hydrogens is 468 g/mol. The second kappa shape index (κ2) is 9.92. The fourth-order valence-corrected chi connectivity index (χ4v) is 6.41. The lowest BCUT2D eigenvalue weighted by atomic mass is 10.2. The number of rotatable bonds is 8. The van der Waals surface area contributed by atoms with Gasteiger partial charge in [-0.15, -0.1) is 0 Å². The van der Waals surface area contributed by atoms with E-state index in [9.17, 15) is 26.4 Å². The van der Waals surface area contributed by atoms with E-state index in [1.54, 1.807) is 37.3 Å². The molecule has 33 heavy (non-hydrogen) atoms. The molecule has 0 radical (unpaired) electrons. The number of ether oxygens (including phenoxy) is 1. The van der Waals surface area contributed by atoms with Crippen molar-refractivity contribution in [3.8, 4) is 0 Å². The molecule has 0 unspecified atom stereocenters. The smallest absolute Gasteiger partial charge is 0.338 e. The minimum absolute atomic E-state index is 0.0317. The Morgan fingerprint density at radius 2 is 1.76 bits per heavy atom. The van der Waals surface area contributed by atoms with Gasteiger partial charge in [-0.2, -0.15) is 0 Å². The normalized spacial score (nSPS) is 18.3. The summed E-state index contributed by atoms with van der Waals surface area (Å²) in [6.07, 6.45) is -0.765. The summed E-state index contributed by atoms with van der Waals surface area (Å²) in [7, 11) is -7.01. The molecule has 11 heteroatoms. The number of anilines is 1. The average Bonchev–Trinajstić information content (AvgIpc) is 3.13. The Morgan fingerprint density at radius 1 is 1.12 bits per heavy atom. The number of hydrogen-bond acceptors (Lipinski definition) is 7. The van der Waals surface area contributed by atoms with Gasteiger partial charge in [0.1, 0.15) is 0 Å². The Balaban J connectivity index is 1.64. The van der Waals surface area contributed by atoms with E-state index in [1.165, 1.54) is 36.1 Å². The molecule has 1 saturated heterocycles. The van der Waals surface area contributed by atoms with Crippen LogP contribution in [0.25, 0.3) is 0 Å². The van der Waals surface area contributed by atoms with Crippen LogP contribution in [0.4, 0.5) is 5.69 Å². The highest BCUT2D eigenvalue weighted by atomic mass is 32.2. The number of sulfonamides is 1. The maximum absolute atomic E-state index is 12.8. The van der Waals surface area contributed by atoms with Crippen LogP contribution in [-0.2, 0) is 29.4 Å². The number of esters is 1. The number of carbonyl (C=O) groups excluding carboxylic acids is 2. The predicted octanol–water partition coefficient (Wildman–Crippen LogP) is 2.07. The average molecular weight is 495 g/mol. The van der Waals surface area contributed by atoms with Crippen molar-refractivity contribution in [3.05, 3.63) is 60.2 Å². The fraction of sp³-hybridized carbons (Fsp3) is 0.364. The van der Waals surface area contributed by atoms with Gasteiger partial charge >= 0.3 is 5.97 Å². The van der Waals surface area contributed by atoms with Crippen LogP contribution >= 0.6 is 0 Å². The van der Waals surface area contributed by atoms with Gasteiger partial charge in [0.05, 0.1) is 22.0 Å². The van der Waals surface area contributed by atoms with Crippen molar-refractivity contribution in [2.75, 3.05) is 22.8 Å². The second-order valence-electron chi connectivity index (χ2n) is 7.72. The molecule has 1 aliphatic heterocycles. The van der Waals surface area contributed by atoms with Crippen LogP contribution in [0.5, 0.6) is 0 Å². The molecule has 1 heterocycles. The maximum Gasteiger partial charge on any atom is 0.338 e. The van der Waals surface area contributed by atoms with Gasteiger partial charge < -0.3 is 9.64 Å². The third-order valence-electron chi connectivity index (χ3n) is 5.33. The zero-order chi connectivity index (χ0) is 24.2. The quantitative estimate of drug-likeness (QED) is 0.557. The lowest BCUT2D eigenvalue weighted by Gasteiger charge is -2.29. The van der Waals surface area contributed by atoms with Crippen LogP contribution in [0.2, 0.25) is 0 Å². The summed E-state index contributed by atoms with van der Waals surface area (Å²) in [5.41, 5.74) is 0.490. The third kappa shape index (κ3) is 6.11. The van der Waals surface area contributed by atoms with Crippen molar-refractivity contribution < 1.29 is 31.2 Å². The Bertz CT molecular complexity index is 1210. The van der Waals surface area contributed by atoms with Gasteiger partial charge in [-0.25, -0.2) is 21.6 Å². The predicted molar refractivity (Wildman–Crippen MR) is 123 cm³/mol. The van der Waals surface area contributed by atoms with Crippen molar-refractivity contribution in [2.24, 2.45) is 0 Å². The Hall–Kier alpha value is -2.92. The molecule has 9 nitrogen and oxygen atoms in total. The van der Waals surface area contributed by atoms with Crippen LogP contribution in [-0.4, -0.2) is 63.8 Å². The summed E-state index contributed by atoms with van der Waals surface area (Å²) in [4.78, 5) is 26.6. The van der Waals surface area contributed by atoms with E-state index in [-0.39, 0.29) is 22.0 Å². The highest BCUT2D eigenvalue weighted by Crippen LogP contribution is 2.20. The Morgan fingerprint density at radius 3 is 2.30 bits per heavy atom. The molecule has 178 valence electrons. The summed E-state index contributed by atoms with van der Waals surface area (Å²) in [6.45, 7) is 3.46. The molecule has 2 aromatic carbocycles. The number of sulfone groups is 1. The number of benzene rings is 2. The number of para-hydroxylation sites is 1. The molecular formula is C22H26N2O7S2. The number of nitrogens with one attached hydrogen (secondary N) is 1. The van der Waals surface area contributed by atoms with Crippen molar-refractivity contribution in [1.29, 1.82) is 0 Å². The second-order valence-corrected chi connectivity index (χ2v) is 11.6. The first-order chi connectivity index (χ1) is 15.5. The SMILES string of the molecule is CCN(C(=O)[C@@H](C)OC(=O)c1ccc(S(=O)(=O)Nc2ccccc2)cc1)[C@H]1CCS(=O)(=O)C1. The van der Waals surface area contributed by atoms with Crippen LogP contribution in [0.3, 0.4) is 0 Å². The van der Waals surface area contributed by atoms with Gasteiger partial charge in [0.2, 0.25) is 0 Å². The summed E-state index contributed by atoms with van der Waals surface area (Å²) in [5, 5.41) is 0. The van der Waals surface area contributed by atoms with Gasteiger partial charge in [0, 0.05) is 18.3 Å². The molecule has 0 saturated carbocycles. The summed E-state index contributed by atoms with van der Waals surface area (Å²) < 4.78 is 56.2. The number of amides is 1. The van der Waals surface area contributed by atoms with Crippen molar-refractivity contribution >= 4 is 37.4 Å². The van der Waals surface area contributed by atoms with E-state index in [0.717, 1.165) is 0 Å². The summed E-state index contributed by atoms with van der Waals surface area (Å²) >= 11 is 0. The van der Waals surface area contributed by atoms with Crippen molar-refractivity contribution in [3.63, 3.8) is 0 Å². The molecule has 0 aromatic heterocycles. The molecule has 0 bridgehead atoms. The molecule has 1 amide bonds. The van der Waals surface area contributed by atoms with E-state index in [0.29, 0.717) is 18.7 Å². The van der Waals surface area contributed by atoms with Crippen LogP contribution in [0, 0.1) is 0 Å². The number of carbonyl (C=O) groups is 2. The standard InChI is InChI=1S/C22H26N2O7S2/c1-3-24(19-13-14-32(27,28)15-19)21(25)16(2)31-22(26)17-9-11-20(12-10-17)33(29,30)23-18-7-5-4-6-8-18/h4-12,16,19,23H,3,13-15H2,1-2H3/t16-,19+/m1/s1. The third-order valence-corrected chi connectivity index (χ3v) is 8.48. The minimum atomic E-state index is -3.84. The lowest BCUT2D eigenvalue weighted by molar-refractivity contribution is -0.141. The largest absolute Gasteiger partial charge is 0.449 e. The van der Waals surface area contributed by atoms with Crippen LogP contribution < -0.4 is 4.72 Å². The monoisotopic (exact) mass is 494 g/mol. The van der Waals surface area contributed by atoms with Gasteiger partial charge in [-0.1, -0.05) is 18.2 Å². The molecule has 0 aliphatic carbocycles. The van der Waals surface area contributed by atoms with Gasteiger partial charge in [0.15, 0.2) is 15.9 Å². The minimum Gasteiger partial charge on any atom is -0.449 e. The molecule has 1 fully saturated rings. The zero-order valence-electron chi connectivity index (χ0n) is 18.3. The molecule has 2 atom stereocenters. The molecule has 0 spiro atoms. The topological polar surface area (TPSA) is 127 Å². The molecule has 1 N–H and O–H groups in total. The number of hydrogen-bond donors (Lipinski definition) is 1. The fourth-order valence-electron chi connectivity index (χ4n) is 3.62. The van der Waals surface area contributed by atoms with Crippen LogP contribution in [0.1, 0.15) is 30.6 Å². The lowest BCUT2D eigenvalue weighted by Crippen LogP contribution is -2.46. The number of likely N-dealkylation sites (N-methyl/N-ethyl adjacent to an activating group) is 1. The van der Waals surface area contributed by atoms with Gasteiger partial charge in [-0.3, -0.25) is 9.52 Å². The van der Waals surface area contributed by atoms with E-state index in [4.69, 9.17) is 4.74 Å². The Labute approximate surface area is 193 Å². The van der Waals surface area contributed by atoms with E-state index in [2.05, 4.69) is 4.72 Å². The highest BCUT2D eigenvalue weighted by Gasteiger charge is 2.36. The number of nitrogens with zero attached hydrogens (tertiary/aromatic N) is 1. The van der Waals surface area contributed by atoms with E-state index < -0.39 is 43.9 Å². The first-order valence-electron chi connectivity index (χ1n) is 10.4. The zero-order valence-corrected chi connectivity index (χ0v) is 19.9. The van der Waals surface area contributed by atoms with Gasteiger partial charge in [0.25, 0.3) is 15.9 Å². The molecule has 1 aliphatic rings. The van der Waals surface area contributed by atoms with E-state index in [1.807, 2.05) is 0 Å². The Kier molecular flexibility index (Phi) is 7.43. The van der Waals surface area contributed by atoms with E-state index >= 15 is 0 Å². The molecule has 3 rings (SSSR count). The van der Waals surface area contributed by atoms with Crippen molar-refractivity contribution in [2.45, 2.75) is 37.3 Å².